The summed E-state index contributed by atoms with van der Waals surface area (Å²) in [4.78, 5) is 16.9. The number of rotatable bonds is 5. The summed E-state index contributed by atoms with van der Waals surface area (Å²) in [5, 5.41) is 11.6. The van der Waals surface area contributed by atoms with Crippen molar-refractivity contribution < 1.29 is 19.0 Å². The minimum Gasteiger partial charge on any atom is -0.467 e. The molecule has 31 heavy (non-hydrogen) atoms. The van der Waals surface area contributed by atoms with Crippen molar-refractivity contribution >= 4 is 17.0 Å². The van der Waals surface area contributed by atoms with E-state index in [9.17, 15) is 14.3 Å². The SMILES string of the molecule is COC(=O)C(O)c1c(C)nc2c(ccn2Cc2ccc(F)cc2)c1-c1ccc(C)cc1. The number of halogens is 1. The van der Waals surface area contributed by atoms with Crippen molar-refractivity contribution in [2.45, 2.75) is 26.5 Å². The van der Waals surface area contributed by atoms with Crippen LogP contribution in [0.2, 0.25) is 0 Å². The van der Waals surface area contributed by atoms with Gasteiger partial charge in [-0.05, 0) is 43.2 Å². The predicted molar refractivity (Wildman–Crippen MR) is 117 cm³/mol. The Labute approximate surface area is 179 Å². The summed E-state index contributed by atoms with van der Waals surface area (Å²) >= 11 is 0. The van der Waals surface area contributed by atoms with Crippen LogP contribution in [0.25, 0.3) is 22.2 Å². The number of carbonyl (C=O) groups is 1. The number of aliphatic hydroxyl groups is 1. The van der Waals surface area contributed by atoms with E-state index in [1.807, 2.05) is 48.0 Å². The van der Waals surface area contributed by atoms with E-state index in [0.29, 0.717) is 17.8 Å². The van der Waals surface area contributed by atoms with Crippen molar-refractivity contribution in [1.29, 1.82) is 0 Å². The first-order valence-electron chi connectivity index (χ1n) is 9.95. The summed E-state index contributed by atoms with van der Waals surface area (Å²) in [5.74, 6) is -1.01. The highest BCUT2D eigenvalue weighted by Crippen LogP contribution is 2.37. The second kappa shape index (κ2) is 8.32. The maximum absolute atomic E-state index is 13.3. The van der Waals surface area contributed by atoms with Gasteiger partial charge in [0.25, 0.3) is 0 Å². The lowest BCUT2D eigenvalue weighted by molar-refractivity contribution is -0.150. The van der Waals surface area contributed by atoms with E-state index in [2.05, 4.69) is 0 Å². The summed E-state index contributed by atoms with van der Waals surface area (Å²) in [7, 11) is 1.25. The smallest absolute Gasteiger partial charge is 0.339 e. The van der Waals surface area contributed by atoms with Gasteiger partial charge in [0.2, 0.25) is 0 Å². The number of fused-ring (bicyclic) bond motifs is 1. The largest absolute Gasteiger partial charge is 0.467 e. The van der Waals surface area contributed by atoms with E-state index in [0.717, 1.165) is 33.3 Å². The average Bonchev–Trinajstić information content (AvgIpc) is 3.16. The van der Waals surface area contributed by atoms with E-state index in [1.165, 1.54) is 19.2 Å². The monoisotopic (exact) mass is 418 g/mol. The number of methoxy groups -OCH3 is 1. The van der Waals surface area contributed by atoms with Gasteiger partial charge in [-0.15, -0.1) is 0 Å². The number of hydrogen-bond donors (Lipinski definition) is 1. The van der Waals surface area contributed by atoms with Crippen molar-refractivity contribution in [3.8, 4) is 11.1 Å². The van der Waals surface area contributed by atoms with E-state index in [-0.39, 0.29) is 5.82 Å². The Morgan fingerprint density at radius 2 is 1.77 bits per heavy atom. The molecule has 0 fully saturated rings. The fourth-order valence-electron chi connectivity index (χ4n) is 3.84. The molecule has 0 saturated carbocycles. The molecule has 0 aliphatic heterocycles. The number of aromatic nitrogens is 2. The van der Waals surface area contributed by atoms with E-state index in [1.54, 1.807) is 19.1 Å². The molecule has 0 radical (unpaired) electrons. The van der Waals surface area contributed by atoms with Crippen molar-refractivity contribution in [3.63, 3.8) is 0 Å². The molecule has 0 aliphatic rings. The van der Waals surface area contributed by atoms with Crippen LogP contribution in [0.15, 0.2) is 60.8 Å². The number of aliphatic hydroxyl groups excluding tert-OH is 1. The molecule has 0 saturated heterocycles. The summed E-state index contributed by atoms with van der Waals surface area (Å²) < 4.78 is 20.0. The first-order chi connectivity index (χ1) is 14.9. The van der Waals surface area contributed by atoms with Gasteiger partial charge in [-0.25, -0.2) is 14.2 Å². The lowest BCUT2D eigenvalue weighted by atomic mass is 9.92. The van der Waals surface area contributed by atoms with E-state index >= 15 is 0 Å². The predicted octanol–water partition coefficient (Wildman–Crippen LogP) is 4.71. The zero-order valence-corrected chi connectivity index (χ0v) is 17.6. The van der Waals surface area contributed by atoms with Crippen molar-refractivity contribution in [2.75, 3.05) is 7.11 Å². The zero-order chi connectivity index (χ0) is 22.1. The van der Waals surface area contributed by atoms with Gasteiger partial charge in [0.15, 0.2) is 6.10 Å². The molecule has 2 aromatic carbocycles. The molecule has 1 N–H and O–H groups in total. The molecule has 0 spiro atoms. The summed E-state index contributed by atoms with van der Waals surface area (Å²) in [6, 6.07) is 16.2. The van der Waals surface area contributed by atoms with Gasteiger partial charge in [0, 0.05) is 34.9 Å². The lowest BCUT2D eigenvalue weighted by Crippen LogP contribution is -2.17. The molecule has 6 heteroatoms. The zero-order valence-electron chi connectivity index (χ0n) is 17.6. The number of hydrogen-bond acceptors (Lipinski definition) is 4. The number of benzene rings is 2. The molecule has 5 nitrogen and oxygen atoms in total. The minimum atomic E-state index is -1.45. The highest BCUT2D eigenvalue weighted by atomic mass is 19.1. The van der Waals surface area contributed by atoms with Crippen LogP contribution in [-0.4, -0.2) is 27.7 Å². The maximum Gasteiger partial charge on any atom is 0.339 e. The molecule has 0 bridgehead atoms. The van der Waals surface area contributed by atoms with Crippen LogP contribution in [0.4, 0.5) is 4.39 Å². The Bertz CT molecular complexity index is 1240. The number of aryl methyl sites for hydroxylation is 2. The lowest BCUT2D eigenvalue weighted by Gasteiger charge is -2.18. The standard InChI is InChI=1S/C25H23FN2O3/c1-15-4-8-18(9-5-15)22-20-12-13-28(14-17-6-10-19(26)11-7-17)24(20)27-16(2)21(22)23(29)25(30)31-3/h4-13,23,29H,14H2,1-3H3. The number of carbonyl (C=O) groups excluding carboxylic acids is 1. The second-order valence-electron chi connectivity index (χ2n) is 7.58. The molecule has 4 aromatic rings. The molecular formula is C25H23FN2O3. The molecule has 2 heterocycles. The van der Waals surface area contributed by atoms with Gasteiger partial charge in [-0.2, -0.15) is 0 Å². The van der Waals surface area contributed by atoms with Gasteiger partial charge in [-0.3, -0.25) is 0 Å². The van der Waals surface area contributed by atoms with Crippen molar-refractivity contribution in [2.24, 2.45) is 0 Å². The third-order valence-electron chi connectivity index (χ3n) is 5.44. The van der Waals surface area contributed by atoms with E-state index < -0.39 is 12.1 Å². The first kappa shape index (κ1) is 20.8. The molecular weight excluding hydrogens is 395 g/mol. The number of nitrogens with zero attached hydrogens (tertiary/aromatic N) is 2. The highest BCUT2D eigenvalue weighted by molar-refractivity contribution is 5.98. The molecule has 4 rings (SSSR count). The van der Waals surface area contributed by atoms with Crippen LogP contribution in [-0.2, 0) is 16.1 Å². The summed E-state index contributed by atoms with van der Waals surface area (Å²) in [6.07, 6.45) is 0.463. The van der Waals surface area contributed by atoms with Gasteiger partial charge >= 0.3 is 5.97 Å². The highest BCUT2D eigenvalue weighted by Gasteiger charge is 2.27. The summed E-state index contributed by atoms with van der Waals surface area (Å²) in [6.45, 7) is 4.29. The second-order valence-corrected chi connectivity index (χ2v) is 7.58. The maximum atomic E-state index is 13.3. The van der Waals surface area contributed by atoms with E-state index in [4.69, 9.17) is 9.72 Å². The average molecular weight is 418 g/mol. The fraction of sp³-hybridized carbons (Fsp3) is 0.200. The third kappa shape index (κ3) is 3.94. The Morgan fingerprint density at radius 1 is 1.10 bits per heavy atom. The topological polar surface area (TPSA) is 64.3 Å². The fourth-order valence-corrected chi connectivity index (χ4v) is 3.84. The van der Waals surface area contributed by atoms with Crippen molar-refractivity contribution in [3.05, 3.63) is 89.0 Å². The molecule has 0 amide bonds. The van der Waals surface area contributed by atoms with Crippen LogP contribution in [0.1, 0.15) is 28.5 Å². The number of ether oxygens (including phenoxy) is 1. The van der Waals surface area contributed by atoms with Gasteiger partial charge in [-0.1, -0.05) is 42.0 Å². The van der Waals surface area contributed by atoms with Crippen LogP contribution in [0, 0.1) is 19.7 Å². The Morgan fingerprint density at radius 3 is 2.42 bits per heavy atom. The van der Waals surface area contributed by atoms with Crippen LogP contribution in [0.3, 0.4) is 0 Å². The normalized spacial score (nSPS) is 12.2. The van der Waals surface area contributed by atoms with Gasteiger partial charge in [0.05, 0.1) is 7.11 Å². The van der Waals surface area contributed by atoms with Gasteiger partial charge in [0.1, 0.15) is 11.5 Å². The quantitative estimate of drug-likeness (QED) is 0.477. The molecule has 158 valence electrons. The molecule has 1 atom stereocenters. The Kier molecular flexibility index (Phi) is 5.57. The minimum absolute atomic E-state index is 0.279. The third-order valence-corrected chi connectivity index (χ3v) is 5.44. The van der Waals surface area contributed by atoms with Crippen molar-refractivity contribution in [1.82, 2.24) is 9.55 Å². The Balaban J connectivity index is 1.92. The summed E-state index contributed by atoms with van der Waals surface area (Å²) in [5.41, 5.74) is 5.36. The molecule has 2 aromatic heterocycles. The number of esters is 1. The Hall–Kier alpha value is -3.51. The molecule has 0 aliphatic carbocycles. The van der Waals surface area contributed by atoms with Crippen LogP contribution < -0.4 is 0 Å². The van der Waals surface area contributed by atoms with Gasteiger partial charge < -0.3 is 14.4 Å². The number of pyridine rings is 1. The van der Waals surface area contributed by atoms with Crippen LogP contribution in [0.5, 0.6) is 0 Å². The molecule has 1 unspecified atom stereocenters. The first-order valence-corrected chi connectivity index (χ1v) is 9.95. The van der Waals surface area contributed by atoms with Crippen LogP contribution >= 0.6 is 0 Å².